The molecule has 0 saturated heterocycles. The highest BCUT2D eigenvalue weighted by Gasteiger charge is 2.36. The summed E-state index contributed by atoms with van der Waals surface area (Å²) < 4.78 is 178. The SMILES string of the molecule is CC(C)(C)OC(=O)COc1cccc2c1CCCCC2NS(=O)(=O)c1cc(F)cc(C(F)(F)F)c1.O=C(O)COc1cccc2c1CCCCC2NS(=O)(=O)c1cc(F)cc(C(F)(F)F)c1. The van der Waals surface area contributed by atoms with Gasteiger partial charge < -0.3 is 19.3 Å². The van der Waals surface area contributed by atoms with E-state index in [1.54, 1.807) is 57.2 Å². The first-order chi connectivity index (χ1) is 30.6. The summed E-state index contributed by atoms with van der Waals surface area (Å²) in [6, 6.07) is 10.6. The molecule has 0 fully saturated rings. The molecule has 0 aliphatic heterocycles. The van der Waals surface area contributed by atoms with Gasteiger partial charge in [-0.15, -0.1) is 0 Å². The Balaban J connectivity index is 0.000000249. The number of nitrogens with one attached hydrogen (secondary N) is 2. The number of ether oxygens (including phenoxy) is 3. The van der Waals surface area contributed by atoms with Crippen molar-refractivity contribution >= 4 is 32.0 Å². The van der Waals surface area contributed by atoms with E-state index in [-0.39, 0.29) is 18.7 Å². The van der Waals surface area contributed by atoms with Gasteiger partial charge in [0.05, 0.1) is 20.9 Å². The van der Waals surface area contributed by atoms with Crippen molar-refractivity contribution in [3.63, 3.8) is 0 Å². The van der Waals surface area contributed by atoms with Crippen molar-refractivity contribution < 1.29 is 80.9 Å². The average Bonchev–Trinajstić information content (AvgIpc) is 3.53. The third kappa shape index (κ3) is 14.1. The molecule has 66 heavy (non-hydrogen) atoms. The normalized spacial score (nSPS) is 16.9. The van der Waals surface area contributed by atoms with Gasteiger partial charge in [0.15, 0.2) is 13.2 Å². The maximum atomic E-state index is 13.8. The van der Waals surface area contributed by atoms with Crippen LogP contribution >= 0.6 is 0 Å². The van der Waals surface area contributed by atoms with Gasteiger partial charge in [0, 0.05) is 12.1 Å². The molecular weight excluding hydrogens is 933 g/mol. The molecule has 12 nitrogen and oxygen atoms in total. The number of halogens is 8. The van der Waals surface area contributed by atoms with E-state index in [1.807, 2.05) is 0 Å². The Hall–Kier alpha value is -5.32. The molecule has 2 unspecified atom stereocenters. The Kier molecular flexibility index (Phi) is 16.2. The number of benzene rings is 4. The van der Waals surface area contributed by atoms with Gasteiger partial charge in [-0.05, 0) is 130 Å². The summed E-state index contributed by atoms with van der Waals surface area (Å²) in [5.41, 5.74) is -1.03. The van der Waals surface area contributed by atoms with Crippen LogP contribution in [0.4, 0.5) is 35.1 Å². The molecule has 360 valence electrons. The molecule has 2 atom stereocenters. The molecule has 0 spiro atoms. The largest absolute Gasteiger partial charge is 0.482 e. The van der Waals surface area contributed by atoms with Crippen molar-refractivity contribution in [2.24, 2.45) is 0 Å². The number of hydrogen-bond donors (Lipinski definition) is 3. The lowest BCUT2D eigenvalue weighted by Gasteiger charge is -2.22. The van der Waals surface area contributed by atoms with Crippen LogP contribution in [-0.2, 0) is 59.6 Å². The molecule has 0 radical (unpaired) electrons. The number of sulfonamides is 2. The number of alkyl halides is 6. The Labute approximate surface area is 375 Å². The van der Waals surface area contributed by atoms with Crippen LogP contribution in [0.2, 0.25) is 0 Å². The van der Waals surface area contributed by atoms with E-state index in [0.29, 0.717) is 109 Å². The van der Waals surface area contributed by atoms with Gasteiger partial charge in [0.25, 0.3) is 0 Å². The number of fused-ring (bicyclic) bond motifs is 2. The summed E-state index contributed by atoms with van der Waals surface area (Å²) in [5.74, 6) is -3.66. The fraction of sp³-hybridized carbons (Fsp3) is 0.409. The first-order valence-electron chi connectivity index (χ1n) is 20.4. The first kappa shape index (κ1) is 51.7. The molecule has 0 bridgehead atoms. The van der Waals surface area contributed by atoms with E-state index in [0.717, 1.165) is 0 Å². The third-order valence-corrected chi connectivity index (χ3v) is 13.1. The Bertz CT molecular complexity index is 2630. The molecule has 4 aromatic rings. The molecule has 2 aliphatic carbocycles. The Morgan fingerprint density at radius 2 is 1.05 bits per heavy atom. The lowest BCUT2D eigenvalue weighted by molar-refractivity contribution is -0.157. The molecule has 6 rings (SSSR count). The quantitative estimate of drug-likeness (QED) is 0.0705. The van der Waals surface area contributed by atoms with E-state index in [2.05, 4.69) is 9.44 Å². The maximum absolute atomic E-state index is 13.8. The van der Waals surface area contributed by atoms with Crippen LogP contribution in [0.5, 0.6) is 11.5 Å². The van der Waals surface area contributed by atoms with Crippen LogP contribution < -0.4 is 18.9 Å². The van der Waals surface area contributed by atoms with Crippen molar-refractivity contribution in [1.82, 2.24) is 9.44 Å². The highest BCUT2D eigenvalue weighted by atomic mass is 32.2. The number of rotatable bonds is 12. The summed E-state index contributed by atoms with van der Waals surface area (Å²) in [7, 11) is -8.98. The first-order valence-corrected chi connectivity index (χ1v) is 23.3. The van der Waals surface area contributed by atoms with Crippen LogP contribution in [0.3, 0.4) is 0 Å². The molecular formula is C44H46F8N2O10S2. The van der Waals surface area contributed by atoms with Crippen LogP contribution in [0, 0.1) is 11.6 Å². The molecule has 2 aliphatic rings. The van der Waals surface area contributed by atoms with E-state index in [9.17, 15) is 61.5 Å². The zero-order chi connectivity index (χ0) is 48.8. The predicted octanol–water partition coefficient (Wildman–Crippen LogP) is 9.36. The van der Waals surface area contributed by atoms with Crippen LogP contribution in [0.15, 0.2) is 82.6 Å². The summed E-state index contributed by atoms with van der Waals surface area (Å²) in [6.07, 6.45) is -5.38. The summed E-state index contributed by atoms with van der Waals surface area (Å²) >= 11 is 0. The molecule has 22 heteroatoms. The minimum atomic E-state index is -4.91. The number of aliphatic carboxylic acids is 1. The standard InChI is InChI=1S/C24H27F4NO5S.C20H19F4NO5S/c1-23(2,3)34-22(30)14-33-21-10-6-8-18-19(21)7-4-5-9-20(18)29-35(31,32)17-12-15(24(26,27)28)11-16(25)13-17;21-13-8-12(20(22,23)24)9-14(10-13)31(28,29)25-17-6-2-1-4-16-15(17)5-3-7-18(16)30-11-19(26)27/h6,8,10-13,20,29H,4-5,7,9,14H2,1-3H3;3,5,7-10,17,25H,1-2,4,6,11H2,(H,26,27). The van der Waals surface area contributed by atoms with Gasteiger partial charge in [-0.1, -0.05) is 37.1 Å². The van der Waals surface area contributed by atoms with E-state index >= 15 is 0 Å². The van der Waals surface area contributed by atoms with Crippen LogP contribution in [0.25, 0.3) is 0 Å². The Morgan fingerprint density at radius 1 is 0.636 bits per heavy atom. The second-order valence-corrected chi connectivity index (χ2v) is 19.8. The predicted molar refractivity (Wildman–Crippen MR) is 221 cm³/mol. The zero-order valence-electron chi connectivity index (χ0n) is 35.6. The van der Waals surface area contributed by atoms with Gasteiger partial charge in [0.1, 0.15) is 28.7 Å². The van der Waals surface area contributed by atoms with Crippen molar-refractivity contribution in [3.8, 4) is 11.5 Å². The molecule has 0 amide bonds. The van der Waals surface area contributed by atoms with Gasteiger partial charge >= 0.3 is 24.3 Å². The summed E-state index contributed by atoms with van der Waals surface area (Å²) in [5, 5.41) is 8.84. The van der Waals surface area contributed by atoms with Crippen LogP contribution in [-0.4, -0.2) is 52.7 Å². The van der Waals surface area contributed by atoms with E-state index < -0.39 is 101 Å². The fourth-order valence-electron chi connectivity index (χ4n) is 7.40. The smallest absolute Gasteiger partial charge is 0.416 e. The van der Waals surface area contributed by atoms with E-state index in [4.69, 9.17) is 19.3 Å². The Morgan fingerprint density at radius 3 is 1.42 bits per heavy atom. The van der Waals surface area contributed by atoms with Gasteiger partial charge in [-0.3, -0.25) is 0 Å². The topological polar surface area (TPSA) is 174 Å². The molecule has 4 aromatic carbocycles. The van der Waals surface area contributed by atoms with Gasteiger partial charge in [-0.2, -0.15) is 26.3 Å². The van der Waals surface area contributed by atoms with Crippen molar-refractivity contribution in [2.75, 3.05) is 13.2 Å². The molecule has 3 N–H and O–H groups in total. The second-order valence-electron chi connectivity index (χ2n) is 16.4. The third-order valence-electron chi connectivity index (χ3n) is 10.2. The molecule has 0 heterocycles. The monoisotopic (exact) mass is 978 g/mol. The van der Waals surface area contributed by atoms with Crippen molar-refractivity contribution in [3.05, 3.63) is 118 Å². The number of carbonyl (C=O) groups is 2. The maximum Gasteiger partial charge on any atom is 0.416 e. The minimum absolute atomic E-state index is 0.228. The van der Waals surface area contributed by atoms with E-state index in [1.165, 1.54) is 0 Å². The number of carboxylic acid groups (broad SMARTS) is 1. The lowest BCUT2D eigenvalue weighted by Crippen LogP contribution is -2.29. The molecule has 0 saturated carbocycles. The lowest BCUT2D eigenvalue weighted by atomic mass is 9.99. The number of esters is 1. The van der Waals surface area contributed by atoms with Gasteiger partial charge in [-0.25, -0.2) is 44.6 Å². The highest BCUT2D eigenvalue weighted by molar-refractivity contribution is 7.89. The zero-order valence-corrected chi connectivity index (χ0v) is 37.2. The van der Waals surface area contributed by atoms with Crippen molar-refractivity contribution in [1.29, 1.82) is 0 Å². The number of carbonyl (C=O) groups excluding carboxylic acids is 1. The van der Waals surface area contributed by atoms with Gasteiger partial charge in [0.2, 0.25) is 20.0 Å². The summed E-state index contributed by atoms with van der Waals surface area (Å²) in [4.78, 5) is 21.2. The van der Waals surface area contributed by atoms with Crippen molar-refractivity contribution in [2.45, 2.75) is 112 Å². The minimum Gasteiger partial charge on any atom is -0.482 e. The average molecular weight is 979 g/mol. The second kappa shape index (κ2) is 20.7. The highest BCUT2D eigenvalue weighted by Crippen LogP contribution is 2.38. The molecule has 0 aromatic heterocycles. The number of carboxylic acids is 1. The van der Waals surface area contributed by atoms with Crippen LogP contribution in [0.1, 0.15) is 105 Å². The number of hydrogen-bond acceptors (Lipinski definition) is 9. The summed E-state index contributed by atoms with van der Waals surface area (Å²) in [6.45, 7) is 4.27. The fourth-order valence-corrected chi connectivity index (χ4v) is 10.0.